The molecule has 1 aliphatic heterocycles. The van der Waals surface area contributed by atoms with Crippen molar-refractivity contribution in [2.75, 3.05) is 11.9 Å². The highest BCUT2D eigenvalue weighted by molar-refractivity contribution is 6.43. The monoisotopic (exact) mass is 318 g/mol. The van der Waals surface area contributed by atoms with Gasteiger partial charge in [-0.05, 0) is 12.1 Å². The Labute approximate surface area is 124 Å². The van der Waals surface area contributed by atoms with Gasteiger partial charge in [0, 0.05) is 13.0 Å². The fourth-order valence-electron chi connectivity index (χ4n) is 2.06. The molecule has 8 heteroatoms. The number of aliphatic carboxylic acids is 1. The Hall–Kier alpha value is -1.50. The van der Waals surface area contributed by atoms with E-state index in [1.54, 1.807) is 18.2 Å². The van der Waals surface area contributed by atoms with Crippen LogP contribution in [0.25, 0.3) is 0 Å². The van der Waals surface area contributed by atoms with E-state index in [9.17, 15) is 14.7 Å². The standard InChI is InChI=1S/C12H12Cl2N2O4/c13-7-2-1-3-8(10(7)14)15-12(20)16-5-6(17)4-9(16)11(18)19/h1-3,6,9,17H,4-5H2,(H,15,20)(H,18,19)/t6-,9+/m1/s1. The summed E-state index contributed by atoms with van der Waals surface area (Å²) in [5.74, 6) is -1.16. The SMILES string of the molecule is O=C(O)[C@@H]1C[C@@H](O)CN1C(=O)Nc1cccc(Cl)c1Cl. The van der Waals surface area contributed by atoms with Gasteiger partial charge in [-0.15, -0.1) is 0 Å². The number of β-amino-alcohol motifs (C(OH)–C–C–N with tert-alkyl or cyclic N) is 1. The molecule has 1 fully saturated rings. The van der Waals surface area contributed by atoms with Crippen LogP contribution in [0.15, 0.2) is 18.2 Å². The van der Waals surface area contributed by atoms with Crippen LogP contribution in [-0.2, 0) is 4.79 Å². The van der Waals surface area contributed by atoms with Gasteiger partial charge in [0.05, 0.1) is 21.8 Å². The third-order valence-corrected chi connectivity index (χ3v) is 3.84. The molecule has 0 saturated carbocycles. The number of aliphatic hydroxyl groups excluding tert-OH is 1. The van der Waals surface area contributed by atoms with Gasteiger partial charge in [-0.1, -0.05) is 29.3 Å². The maximum atomic E-state index is 12.1. The van der Waals surface area contributed by atoms with E-state index >= 15 is 0 Å². The maximum Gasteiger partial charge on any atom is 0.326 e. The molecule has 0 radical (unpaired) electrons. The van der Waals surface area contributed by atoms with E-state index in [0.717, 1.165) is 4.90 Å². The van der Waals surface area contributed by atoms with Gasteiger partial charge in [0.2, 0.25) is 0 Å². The molecular weight excluding hydrogens is 307 g/mol. The summed E-state index contributed by atoms with van der Waals surface area (Å²) in [7, 11) is 0. The molecule has 2 amide bonds. The van der Waals surface area contributed by atoms with Gasteiger partial charge in [0.15, 0.2) is 0 Å². The molecule has 20 heavy (non-hydrogen) atoms. The van der Waals surface area contributed by atoms with Crippen molar-refractivity contribution in [1.29, 1.82) is 0 Å². The number of hydrogen-bond acceptors (Lipinski definition) is 3. The second kappa shape index (κ2) is 5.87. The quantitative estimate of drug-likeness (QED) is 0.778. The predicted octanol–water partition coefficient (Wildman–Crippen LogP) is 2.05. The van der Waals surface area contributed by atoms with Crippen LogP contribution < -0.4 is 5.32 Å². The van der Waals surface area contributed by atoms with Gasteiger partial charge >= 0.3 is 12.0 Å². The van der Waals surface area contributed by atoms with E-state index in [4.69, 9.17) is 28.3 Å². The molecule has 0 bridgehead atoms. The number of likely N-dealkylation sites (tertiary alicyclic amines) is 1. The zero-order valence-electron chi connectivity index (χ0n) is 10.2. The topological polar surface area (TPSA) is 89.9 Å². The molecule has 1 aromatic carbocycles. The van der Waals surface area contributed by atoms with E-state index in [2.05, 4.69) is 5.32 Å². The number of halogens is 2. The molecule has 0 unspecified atom stereocenters. The fourth-order valence-corrected chi connectivity index (χ4v) is 2.41. The number of carboxylic acid groups (broad SMARTS) is 1. The number of carboxylic acids is 1. The maximum absolute atomic E-state index is 12.1. The molecule has 0 spiro atoms. The first-order chi connectivity index (χ1) is 9.40. The summed E-state index contributed by atoms with van der Waals surface area (Å²) in [6.07, 6.45) is -0.844. The van der Waals surface area contributed by atoms with Crippen molar-refractivity contribution >= 4 is 40.9 Å². The Morgan fingerprint density at radius 1 is 1.35 bits per heavy atom. The molecule has 0 aromatic heterocycles. The van der Waals surface area contributed by atoms with Crippen LogP contribution in [0, 0.1) is 0 Å². The summed E-state index contributed by atoms with van der Waals surface area (Å²) < 4.78 is 0. The number of anilines is 1. The zero-order chi connectivity index (χ0) is 14.9. The average molecular weight is 319 g/mol. The van der Waals surface area contributed by atoms with Crippen molar-refractivity contribution in [2.24, 2.45) is 0 Å². The highest BCUT2D eigenvalue weighted by Gasteiger charge is 2.39. The minimum atomic E-state index is -1.16. The number of rotatable bonds is 2. The van der Waals surface area contributed by atoms with E-state index in [1.807, 2.05) is 0 Å². The smallest absolute Gasteiger partial charge is 0.326 e. The summed E-state index contributed by atoms with van der Waals surface area (Å²) in [4.78, 5) is 24.2. The number of aliphatic hydroxyl groups is 1. The van der Waals surface area contributed by atoms with Crippen LogP contribution in [0.5, 0.6) is 0 Å². The molecule has 1 aromatic rings. The summed E-state index contributed by atoms with van der Waals surface area (Å²) in [5, 5.41) is 21.5. The lowest BCUT2D eigenvalue weighted by molar-refractivity contribution is -0.141. The Morgan fingerprint density at radius 2 is 2.05 bits per heavy atom. The summed E-state index contributed by atoms with van der Waals surface area (Å²) >= 11 is 11.8. The number of carbonyl (C=O) groups is 2. The molecular formula is C12H12Cl2N2O4. The number of carbonyl (C=O) groups excluding carboxylic acids is 1. The molecule has 1 saturated heterocycles. The Kier molecular flexibility index (Phi) is 4.37. The normalized spacial score (nSPS) is 21.9. The highest BCUT2D eigenvalue weighted by atomic mass is 35.5. The van der Waals surface area contributed by atoms with Crippen LogP contribution in [-0.4, -0.2) is 45.8 Å². The molecule has 6 nitrogen and oxygen atoms in total. The predicted molar refractivity (Wildman–Crippen MR) is 74.2 cm³/mol. The van der Waals surface area contributed by atoms with Crippen LogP contribution >= 0.6 is 23.2 Å². The molecule has 0 aliphatic carbocycles. The lowest BCUT2D eigenvalue weighted by Gasteiger charge is -2.22. The van der Waals surface area contributed by atoms with Crippen molar-refractivity contribution < 1.29 is 19.8 Å². The third-order valence-electron chi connectivity index (χ3n) is 3.02. The van der Waals surface area contributed by atoms with Crippen LogP contribution in [0.1, 0.15) is 6.42 Å². The Morgan fingerprint density at radius 3 is 2.70 bits per heavy atom. The van der Waals surface area contributed by atoms with E-state index in [0.29, 0.717) is 0 Å². The number of nitrogens with zero attached hydrogens (tertiary/aromatic N) is 1. The van der Waals surface area contributed by atoms with E-state index < -0.39 is 24.1 Å². The van der Waals surface area contributed by atoms with Crippen LogP contribution in [0.3, 0.4) is 0 Å². The third kappa shape index (κ3) is 2.98. The van der Waals surface area contributed by atoms with Crippen LogP contribution in [0.2, 0.25) is 10.0 Å². The van der Waals surface area contributed by atoms with Gasteiger partial charge in [0.1, 0.15) is 6.04 Å². The van der Waals surface area contributed by atoms with Crippen molar-refractivity contribution in [3.63, 3.8) is 0 Å². The lowest BCUT2D eigenvalue weighted by atomic mass is 10.2. The molecule has 2 rings (SSSR count). The second-order valence-electron chi connectivity index (χ2n) is 4.43. The van der Waals surface area contributed by atoms with Gasteiger partial charge in [-0.2, -0.15) is 0 Å². The van der Waals surface area contributed by atoms with Crippen LogP contribution in [0.4, 0.5) is 10.5 Å². The number of nitrogens with one attached hydrogen (secondary N) is 1. The van der Waals surface area contributed by atoms with Gasteiger partial charge in [0.25, 0.3) is 0 Å². The van der Waals surface area contributed by atoms with Crippen molar-refractivity contribution in [2.45, 2.75) is 18.6 Å². The fraction of sp³-hybridized carbons (Fsp3) is 0.333. The Bertz CT molecular complexity index is 552. The summed E-state index contributed by atoms with van der Waals surface area (Å²) in [5.41, 5.74) is 0.287. The van der Waals surface area contributed by atoms with Gasteiger partial charge in [-0.3, -0.25) is 0 Å². The van der Waals surface area contributed by atoms with E-state index in [1.165, 1.54) is 0 Å². The molecule has 1 aliphatic rings. The number of amides is 2. The molecule has 108 valence electrons. The van der Waals surface area contributed by atoms with Gasteiger partial charge in [-0.25, -0.2) is 9.59 Å². The molecule has 1 heterocycles. The second-order valence-corrected chi connectivity index (χ2v) is 5.21. The first-order valence-electron chi connectivity index (χ1n) is 5.82. The number of benzene rings is 1. The largest absolute Gasteiger partial charge is 0.480 e. The van der Waals surface area contributed by atoms with Gasteiger partial charge < -0.3 is 20.4 Å². The minimum absolute atomic E-state index is 0.00598. The first kappa shape index (κ1) is 14.9. The zero-order valence-corrected chi connectivity index (χ0v) is 11.7. The van der Waals surface area contributed by atoms with Crippen molar-refractivity contribution in [3.05, 3.63) is 28.2 Å². The number of urea groups is 1. The molecule has 2 atom stereocenters. The minimum Gasteiger partial charge on any atom is -0.480 e. The first-order valence-corrected chi connectivity index (χ1v) is 6.58. The van der Waals surface area contributed by atoms with E-state index in [-0.39, 0.29) is 28.7 Å². The Balaban J connectivity index is 2.15. The number of hydrogen-bond donors (Lipinski definition) is 3. The summed E-state index contributed by atoms with van der Waals surface area (Å²) in [6.45, 7) is -0.0407. The highest BCUT2D eigenvalue weighted by Crippen LogP contribution is 2.30. The average Bonchev–Trinajstić information content (AvgIpc) is 2.77. The molecule has 3 N–H and O–H groups in total. The lowest BCUT2D eigenvalue weighted by Crippen LogP contribution is -2.43. The summed E-state index contributed by atoms with van der Waals surface area (Å²) in [6, 6.07) is 3.03. The van der Waals surface area contributed by atoms with Crippen molar-refractivity contribution in [3.8, 4) is 0 Å². The van der Waals surface area contributed by atoms with Crippen molar-refractivity contribution in [1.82, 2.24) is 4.90 Å².